The highest BCUT2D eigenvalue weighted by Crippen LogP contribution is 2.20. The number of aromatic nitrogens is 2. The fourth-order valence-corrected chi connectivity index (χ4v) is 1.95. The van der Waals surface area contributed by atoms with Crippen molar-refractivity contribution in [2.24, 2.45) is 0 Å². The number of aromatic amines is 1. The van der Waals surface area contributed by atoms with Crippen LogP contribution >= 0.6 is 11.8 Å². The summed E-state index contributed by atoms with van der Waals surface area (Å²) in [6.45, 7) is 0. The highest BCUT2D eigenvalue weighted by Gasteiger charge is 1.98. The molecule has 1 aromatic carbocycles. The van der Waals surface area contributed by atoms with Crippen LogP contribution in [0, 0.1) is 5.82 Å². The molecule has 1 heterocycles. The van der Waals surface area contributed by atoms with Crippen LogP contribution in [0.1, 0.15) is 5.82 Å². The van der Waals surface area contributed by atoms with Crippen molar-refractivity contribution in [1.82, 2.24) is 9.97 Å². The summed E-state index contributed by atoms with van der Waals surface area (Å²) in [6, 6.07) is 7.57. The van der Waals surface area contributed by atoms with Crippen LogP contribution in [0.3, 0.4) is 0 Å². The van der Waals surface area contributed by atoms with Gasteiger partial charge < -0.3 is 4.98 Å². The van der Waals surface area contributed by atoms with Crippen LogP contribution < -0.4 is 5.56 Å². The van der Waals surface area contributed by atoms with E-state index in [9.17, 15) is 9.18 Å². The van der Waals surface area contributed by atoms with Gasteiger partial charge in [0.15, 0.2) is 0 Å². The molecule has 16 heavy (non-hydrogen) atoms. The Balaban J connectivity index is 2.02. The fraction of sp³-hybridized carbons (Fsp3) is 0.0909. The van der Waals surface area contributed by atoms with Crippen LogP contribution in [0.4, 0.5) is 4.39 Å². The first-order valence-electron chi connectivity index (χ1n) is 4.66. The zero-order chi connectivity index (χ0) is 11.4. The van der Waals surface area contributed by atoms with E-state index in [0.29, 0.717) is 11.6 Å². The summed E-state index contributed by atoms with van der Waals surface area (Å²) in [5.41, 5.74) is -0.162. The first-order valence-corrected chi connectivity index (χ1v) is 5.65. The Labute approximate surface area is 95.7 Å². The third kappa shape index (κ3) is 2.93. The number of H-pyrrole nitrogens is 1. The third-order valence-electron chi connectivity index (χ3n) is 1.91. The second-order valence-corrected chi connectivity index (χ2v) is 4.17. The fourth-order valence-electron chi connectivity index (χ4n) is 1.17. The minimum atomic E-state index is -0.254. The lowest BCUT2D eigenvalue weighted by atomic mass is 10.4. The van der Waals surface area contributed by atoms with Crippen molar-refractivity contribution in [3.63, 3.8) is 0 Å². The van der Waals surface area contributed by atoms with E-state index in [4.69, 9.17) is 0 Å². The molecule has 0 spiro atoms. The van der Waals surface area contributed by atoms with E-state index >= 15 is 0 Å². The number of nitrogens with zero attached hydrogens (tertiary/aromatic N) is 1. The van der Waals surface area contributed by atoms with Crippen molar-refractivity contribution in [3.05, 3.63) is 58.5 Å². The lowest BCUT2D eigenvalue weighted by Crippen LogP contribution is -2.07. The molecule has 1 N–H and O–H groups in total. The summed E-state index contributed by atoms with van der Waals surface area (Å²) in [5, 5.41) is 0. The maximum atomic E-state index is 12.6. The molecule has 0 fully saturated rings. The molecular formula is C11H9FN2OS. The lowest BCUT2D eigenvalue weighted by Gasteiger charge is -2.00. The SMILES string of the molecule is O=c1ccnc(CSc2ccc(F)cc2)[nH]1. The van der Waals surface area contributed by atoms with Gasteiger partial charge in [-0.2, -0.15) is 0 Å². The average molecular weight is 236 g/mol. The Kier molecular flexibility index (Phi) is 3.36. The van der Waals surface area contributed by atoms with Gasteiger partial charge in [-0.05, 0) is 24.3 Å². The highest BCUT2D eigenvalue weighted by molar-refractivity contribution is 7.98. The van der Waals surface area contributed by atoms with Crippen LogP contribution in [-0.2, 0) is 5.75 Å². The Hall–Kier alpha value is -1.62. The number of halogens is 1. The number of rotatable bonds is 3. The van der Waals surface area contributed by atoms with Crippen molar-refractivity contribution >= 4 is 11.8 Å². The van der Waals surface area contributed by atoms with E-state index < -0.39 is 0 Å². The molecule has 3 nitrogen and oxygen atoms in total. The van der Waals surface area contributed by atoms with E-state index in [1.165, 1.54) is 36.2 Å². The van der Waals surface area contributed by atoms with Crippen LogP contribution in [0.5, 0.6) is 0 Å². The first-order chi connectivity index (χ1) is 7.74. The van der Waals surface area contributed by atoms with E-state index in [2.05, 4.69) is 9.97 Å². The number of hydrogen-bond donors (Lipinski definition) is 1. The second kappa shape index (κ2) is 4.94. The number of benzene rings is 1. The maximum Gasteiger partial charge on any atom is 0.250 e. The van der Waals surface area contributed by atoms with E-state index in [1.807, 2.05) is 0 Å². The van der Waals surface area contributed by atoms with Gasteiger partial charge in [-0.1, -0.05) is 0 Å². The number of nitrogens with one attached hydrogen (secondary N) is 1. The zero-order valence-electron chi connectivity index (χ0n) is 8.31. The monoisotopic (exact) mass is 236 g/mol. The second-order valence-electron chi connectivity index (χ2n) is 3.12. The third-order valence-corrected chi connectivity index (χ3v) is 2.94. The molecule has 5 heteroatoms. The Morgan fingerprint density at radius 1 is 1.25 bits per heavy atom. The summed E-state index contributed by atoms with van der Waals surface area (Å²) in [4.78, 5) is 18.6. The van der Waals surface area contributed by atoms with Crippen LogP contribution in [0.2, 0.25) is 0 Å². The predicted molar refractivity (Wildman–Crippen MR) is 60.8 cm³/mol. The summed E-state index contributed by atoms with van der Waals surface area (Å²) >= 11 is 1.49. The molecule has 82 valence electrons. The molecule has 0 aliphatic rings. The molecule has 0 atom stereocenters. The molecule has 0 unspecified atom stereocenters. The number of hydrogen-bond acceptors (Lipinski definition) is 3. The van der Waals surface area contributed by atoms with Crippen molar-refractivity contribution in [1.29, 1.82) is 0 Å². The molecule has 2 rings (SSSR count). The quantitative estimate of drug-likeness (QED) is 0.831. The van der Waals surface area contributed by atoms with Crippen LogP contribution in [0.15, 0.2) is 46.2 Å². The minimum Gasteiger partial charge on any atom is -0.310 e. The van der Waals surface area contributed by atoms with Crippen LogP contribution in [0.25, 0.3) is 0 Å². The Morgan fingerprint density at radius 2 is 2.00 bits per heavy atom. The van der Waals surface area contributed by atoms with Gasteiger partial charge >= 0.3 is 0 Å². The summed E-state index contributed by atoms with van der Waals surface area (Å²) in [5.74, 6) is 0.916. The highest BCUT2D eigenvalue weighted by atomic mass is 32.2. The molecule has 0 saturated heterocycles. The van der Waals surface area contributed by atoms with E-state index in [1.54, 1.807) is 12.1 Å². The van der Waals surface area contributed by atoms with Crippen LogP contribution in [-0.4, -0.2) is 9.97 Å². The van der Waals surface area contributed by atoms with Crippen molar-refractivity contribution in [2.75, 3.05) is 0 Å². The van der Waals surface area contributed by atoms with Gasteiger partial charge in [-0.15, -0.1) is 11.8 Å². The molecule has 0 aliphatic carbocycles. The smallest absolute Gasteiger partial charge is 0.250 e. The summed E-state index contributed by atoms with van der Waals surface area (Å²) in [6.07, 6.45) is 1.47. The predicted octanol–water partition coefficient (Wildman–Crippen LogP) is 2.20. The molecule has 1 aromatic heterocycles. The minimum absolute atomic E-state index is 0.162. The van der Waals surface area contributed by atoms with Gasteiger partial charge in [0, 0.05) is 17.2 Å². The molecular weight excluding hydrogens is 227 g/mol. The topological polar surface area (TPSA) is 45.8 Å². The molecule has 0 bridgehead atoms. The molecule has 0 saturated carbocycles. The largest absolute Gasteiger partial charge is 0.310 e. The van der Waals surface area contributed by atoms with Crippen molar-refractivity contribution in [3.8, 4) is 0 Å². The van der Waals surface area contributed by atoms with Gasteiger partial charge in [-0.3, -0.25) is 4.79 Å². The molecule has 0 amide bonds. The number of thioether (sulfide) groups is 1. The van der Waals surface area contributed by atoms with Gasteiger partial charge in [0.05, 0.1) is 5.75 Å². The van der Waals surface area contributed by atoms with E-state index in [0.717, 1.165) is 4.90 Å². The van der Waals surface area contributed by atoms with E-state index in [-0.39, 0.29) is 11.4 Å². The van der Waals surface area contributed by atoms with Gasteiger partial charge in [0.25, 0.3) is 5.56 Å². The zero-order valence-corrected chi connectivity index (χ0v) is 9.13. The summed E-state index contributed by atoms with van der Waals surface area (Å²) < 4.78 is 12.6. The van der Waals surface area contributed by atoms with Crippen molar-refractivity contribution < 1.29 is 4.39 Å². The first kappa shape index (κ1) is 10.9. The summed E-state index contributed by atoms with van der Waals surface area (Å²) in [7, 11) is 0. The van der Waals surface area contributed by atoms with Crippen molar-refractivity contribution in [2.45, 2.75) is 10.6 Å². The normalized spacial score (nSPS) is 10.3. The Morgan fingerprint density at radius 3 is 2.69 bits per heavy atom. The maximum absolute atomic E-state index is 12.6. The standard InChI is InChI=1S/C11H9FN2OS/c12-8-1-3-9(4-2-8)16-7-10-13-6-5-11(15)14-10/h1-6H,7H2,(H,13,14,15). The average Bonchev–Trinajstić information content (AvgIpc) is 2.28. The Bertz CT molecular complexity index is 524. The lowest BCUT2D eigenvalue weighted by molar-refractivity contribution is 0.626. The molecule has 2 aromatic rings. The van der Waals surface area contributed by atoms with Gasteiger partial charge in [-0.25, -0.2) is 9.37 Å². The van der Waals surface area contributed by atoms with Gasteiger partial charge in [0.1, 0.15) is 11.6 Å². The molecule has 0 radical (unpaired) electrons. The molecule has 0 aliphatic heterocycles. The van der Waals surface area contributed by atoms with Gasteiger partial charge in [0.2, 0.25) is 0 Å².